The summed E-state index contributed by atoms with van der Waals surface area (Å²) in [6.07, 6.45) is -19.0. The number of halogens is 22. The van der Waals surface area contributed by atoms with Gasteiger partial charge < -0.3 is 62.9 Å². The molecule has 0 aliphatic heterocycles. The van der Waals surface area contributed by atoms with E-state index >= 15 is 0 Å². The number of unbranched alkanes of at least 4 members (excludes halogenated alkanes) is 6. The first-order chi connectivity index (χ1) is 63.6. The van der Waals surface area contributed by atoms with Crippen molar-refractivity contribution in [1.82, 2.24) is 29.3 Å². The Morgan fingerprint density at radius 3 is 0.911 bits per heavy atom. The predicted octanol–water partition coefficient (Wildman–Crippen LogP) is 23.2. The van der Waals surface area contributed by atoms with Gasteiger partial charge in [0.05, 0.1) is 125 Å². The topological polar surface area (TPSA) is 304 Å². The van der Waals surface area contributed by atoms with E-state index < -0.39 is 115 Å². The highest BCUT2D eigenvalue weighted by Crippen LogP contribution is 2.53. The summed E-state index contributed by atoms with van der Waals surface area (Å²) in [5.41, 5.74) is -3.17. The number of aromatic hydroxyl groups is 1. The molecule has 0 radical (unpaired) electrons. The Bertz CT molecular complexity index is 5010. The summed E-state index contributed by atoms with van der Waals surface area (Å²) in [6.45, 7) is 15.2. The molecular weight excluding hydrogens is 2010 g/mol. The van der Waals surface area contributed by atoms with Crippen molar-refractivity contribution in [1.29, 1.82) is 0 Å². The number of aromatic nitrogens is 6. The van der Waals surface area contributed by atoms with Crippen LogP contribution in [0.3, 0.4) is 0 Å². The minimum Gasteiger partial charge on any atom is -0.507 e. The van der Waals surface area contributed by atoms with Crippen LogP contribution in [-0.2, 0) is 101 Å². The van der Waals surface area contributed by atoms with E-state index in [0.29, 0.717) is 104 Å². The minimum atomic E-state index is -4.83. The van der Waals surface area contributed by atoms with E-state index in [1.54, 1.807) is 0 Å². The minimum absolute atomic E-state index is 0.0170. The smallest absolute Gasteiger partial charge is 0.435 e. The number of alkyl halides is 19. The zero-order chi connectivity index (χ0) is 101. The van der Waals surface area contributed by atoms with E-state index in [4.69, 9.17) is 92.6 Å². The van der Waals surface area contributed by atoms with Crippen molar-refractivity contribution >= 4 is 75.3 Å². The fourth-order valence-corrected chi connectivity index (χ4v) is 13.7. The number of carbonyl (C=O) groups excluding carboxylic acids is 3. The van der Waals surface area contributed by atoms with Crippen molar-refractivity contribution in [2.24, 2.45) is 38.6 Å². The fourth-order valence-electron chi connectivity index (χ4n) is 12.5. The number of rotatable bonds is 43. The lowest BCUT2D eigenvalue weighted by molar-refractivity contribution is -0.142. The van der Waals surface area contributed by atoms with Crippen molar-refractivity contribution in [3.8, 4) is 102 Å². The predicted molar refractivity (Wildman–Crippen MR) is 477 cm³/mol. The molecule has 0 aliphatic carbocycles. The Hall–Kier alpha value is -9.26. The third-order valence-electron chi connectivity index (χ3n) is 18.5. The summed E-state index contributed by atoms with van der Waals surface area (Å²) >= 11 is 19.7. The van der Waals surface area contributed by atoms with Crippen molar-refractivity contribution < 1.29 is 151 Å². The monoisotopic (exact) mass is 2110 g/mol. The van der Waals surface area contributed by atoms with Gasteiger partial charge in [0.1, 0.15) is 17.2 Å². The van der Waals surface area contributed by atoms with Crippen LogP contribution in [-0.4, -0.2) is 156 Å². The maximum absolute atomic E-state index is 13.8. The fraction of sp³-hybridized carbons (Fsp3) is 0.461. The first-order valence-corrected chi connectivity index (χ1v) is 44.3. The Labute approximate surface area is 794 Å². The molecule has 46 heteroatoms. The van der Waals surface area contributed by atoms with E-state index in [0.717, 1.165) is 141 Å². The molecule has 0 unspecified atom stereocenters. The molecule has 135 heavy (non-hydrogen) atoms. The number of hydrogen-bond donors (Lipinski definition) is 4. The number of ether oxygens (including phenoxy) is 11. The number of phenols is 1. The maximum Gasteiger partial charge on any atom is 0.435 e. The number of carbonyl (C=O) groups is 3. The highest BCUT2D eigenvalue weighted by molar-refractivity contribution is 14.1. The van der Waals surface area contributed by atoms with Gasteiger partial charge in [0.25, 0.3) is 0 Å². The molecule has 7 N–H and O–H groups in total. The normalized spacial score (nSPS) is 11.8. The van der Waals surface area contributed by atoms with Crippen LogP contribution in [0.4, 0.5) is 79.0 Å². The first-order valence-electron chi connectivity index (χ1n) is 41.6. The van der Waals surface area contributed by atoms with Crippen LogP contribution in [0.5, 0.6) is 34.5 Å². The van der Waals surface area contributed by atoms with Gasteiger partial charge in [0.2, 0.25) is 0 Å². The molecule has 6 aromatic carbocycles. The van der Waals surface area contributed by atoms with Crippen LogP contribution in [0.1, 0.15) is 139 Å². The summed E-state index contributed by atoms with van der Waals surface area (Å²) in [7, 11) is 3.73. The number of benzene rings is 6. The quantitative estimate of drug-likeness (QED) is 0.00403. The molecule has 9 aromatic rings. The van der Waals surface area contributed by atoms with E-state index in [1.807, 2.05) is 6.92 Å². The average molecular weight is 2110 g/mol. The Kier molecular flexibility index (Phi) is 48.2. The molecule has 0 saturated heterocycles. The zero-order valence-corrected chi connectivity index (χ0v) is 78.8. The largest absolute Gasteiger partial charge is 0.507 e. The molecule has 0 amide bonds. The van der Waals surface area contributed by atoms with Crippen LogP contribution in [0.2, 0.25) is 15.1 Å². The number of hydrogen-bond acceptors (Lipinski definition) is 21. The summed E-state index contributed by atoms with van der Waals surface area (Å²) in [5, 5.41) is 19.1. The summed E-state index contributed by atoms with van der Waals surface area (Å²) < 4.78 is 307. The molecular formula is C89H103Cl3F18IN9O15. The number of nitrogens with two attached hydrogens (primary N) is 3. The standard InChI is InChI=1S/C30H33ClF6N2O5.C29H32ClF6N3O5.C20H13ClF6N2O3.C10H21IO2.H4N2/c1-4-12-41-15-16-42-13-6-5-7-14-43-25-11-9-21(24-18-26(30(35,36)37)38-39(24)3)28(44-19(2)40)27(25)20-8-10-23(31)22(17-20)29(32,33)34;1-18(40)44-27-20(23-17-25(29(34,35)36)38-39(23)2)7-9-24(43-12-5-3-4-11-41-14-15-42-13-10-37)26(27)19-6-8-22(30)21(16-19)28(31,32)33;1-9(30)32-18-11(14-8-16(20(25,26)27)28-29(14)2)4-6-15(31)17(18)10-3-5-13(21)12(7-10)19(22,23)24;1-2-7-12-9-10-13-8-5-3-4-6-11;1-2/h8-11,17-18H,4-7,12-16H2,1-3H3;6-9,16-17H,3-5,10-15,37H2,1-2H3;3-8,31H,1-2H3;2-10H2,1H3;1-2H2. The van der Waals surface area contributed by atoms with Gasteiger partial charge in [0.15, 0.2) is 34.3 Å². The molecule has 0 spiro atoms. The Balaban J connectivity index is 0.000000335. The Morgan fingerprint density at radius 2 is 0.637 bits per heavy atom. The van der Waals surface area contributed by atoms with E-state index in [2.05, 4.69) is 56.5 Å². The number of hydrazine groups is 1. The first kappa shape index (κ1) is 116. The molecule has 9 rings (SSSR count). The van der Waals surface area contributed by atoms with E-state index in [-0.39, 0.29) is 103 Å². The van der Waals surface area contributed by atoms with Crippen LogP contribution >= 0.6 is 57.4 Å². The second kappa shape index (κ2) is 56.0. The highest BCUT2D eigenvalue weighted by Gasteiger charge is 2.41. The third-order valence-corrected chi connectivity index (χ3v) is 20.3. The van der Waals surface area contributed by atoms with Crippen molar-refractivity contribution in [2.45, 2.75) is 142 Å². The molecule has 0 atom stereocenters. The van der Waals surface area contributed by atoms with Gasteiger partial charge >= 0.3 is 55.0 Å². The number of nitrogens with zero attached hydrogens (tertiary/aromatic N) is 6. The second-order valence-electron chi connectivity index (χ2n) is 29.0. The molecule has 748 valence electrons. The zero-order valence-electron chi connectivity index (χ0n) is 74.4. The van der Waals surface area contributed by atoms with Gasteiger partial charge in [-0.15, -0.1) is 0 Å². The molecule has 3 aromatic heterocycles. The van der Waals surface area contributed by atoms with Crippen molar-refractivity contribution in [3.63, 3.8) is 0 Å². The second-order valence-corrected chi connectivity index (χ2v) is 31.3. The van der Waals surface area contributed by atoms with Gasteiger partial charge in [0, 0.05) is 98.2 Å². The van der Waals surface area contributed by atoms with Crippen molar-refractivity contribution in [3.05, 3.63) is 158 Å². The van der Waals surface area contributed by atoms with Gasteiger partial charge in [-0.25, -0.2) is 0 Å². The number of phenolic OH excluding ortho intramolecular Hbond substituents is 1. The lowest BCUT2D eigenvalue weighted by atomic mass is 9.96. The molecule has 3 heterocycles. The van der Waals surface area contributed by atoms with Gasteiger partial charge in [-0.05, 0) is 176 Å². The summed E-state index contributed by atoms with van der Waals surface area (Å²) in [4.78, 5) is 36.1. The molecule has 0 fully saturated rings. The number of esters is 3. The lowest BCUT2D eigenvalue weighted by Gasteiger charge is -2.20. The molecule has 0 saturated carbocycles. The summed E-state index contributed by atoms with van der Waals surface area (Å²) in [5.74, 6) is 3.88. The van der Waals surface area contributed by atoms with Gasteiger partial charge in [-0.3, -0.25) is 40.1 Å². The van der Waals surface area contributed by atoms with Gasteiger partial charge in [-0.1, -0.05) is 95.9 Å². The average Bonchev–Trinajstić information content (AvgIpc) is 1.76. The molecule has 24 nitrogen and oxygen atoms in total. The lowest BCUT2D eigenvalue weighted by Crippen LogP contribution is -2.12. The Morgan fingerprint density at radius 1 is 0.363 bits per heavy atom. The summed E-state index contributed by atoms with van der Waals surface area (Å²) in [6, 6.07) is 18.8. The van der Waals surface area contributed by atoms with Crippen molar-refractivity contribution in [2.75, 3.05) is 103 Å². The molecule has 0 bridgehead atoms. The van der Waals surface area contributed by atoms with Crippen LogP contribution < -0.4 is 41.1 Å². The number of aryl methyl sites for hydroxylation is 3. The van der Waals surface area contributed by atoms with Crippen LogP contribution in [0, 0.1) is 0 Å². The van der Waals surface area contributed by atoms with Crippen LogP contribution in [0.15, 0.2) is 109 Å². The third kappa shape index (κ3) is 37.2. The highest BCUT2D eigenvalue weighted by atomic mass is 127. The molecule has 0 aliphatic rings. The SMILES string of the molecule is CC(=O)Oc1c(-c2cc(C(F)(F)F)nn2C)ccc(O)c1-c1ccc(Cl)c(C(F)(F)F)c1.CC(=O)Oc1c(-c2cc(C(F)(F)F)nn2C)ccc(OCCCCCOCCOCCN)c1-c1ccc(Cl)c(C(F)(F)F)c1.CCCOCCOCCCCCI.CCCOCCOCCCCCOc1ccc(-c2cc(C(F)(F)F)nn2C)c(OC(C)=O)c1-c1ccc(Cl)c(C(F)(F)F)c1.NN. The van der Waals surface area contributed by atoms with Gasteiger partial charge in [-0.2, -0.15) is 94.3 Å². The van der Waals surface area contributed by atoms with E-state index in [1.165, 1.54) is 81.2 Å². The maximum atomic E-state index is 13.8. The van der Waals surface area contributed by atoms with Crippen LogP contribution in [0.25, 0.3) is 67.2 Å². The van der Waals surface area contributed by atoms with E-state index in [9.17, 15) is 98.5 Å².